The largest absolute Gasteiger partial charge is 0.310 e. The summed E-state index contributed by atoms with van der Waals surface area (Å²) in [7, 11) is 0. The van der Waals surface area contributed by atoms with Crippen molar-refractivity contribution in [2.75, 3.05) is 4.90 Å². The Kier molecular flexibility index (Phi) is 8.17. The van der Waals surface area contributed by atoms with Crippen molar-refractivity contribution in [2.24, 2.45) is 0 Å². The van der Waals surface area contributed by atoms with E-state index in [-0.39, 0.29) is 0 Å². The SMILES string of the molecule is c1ccc(-n2c3ccccc3c3cccc(-c4ccc(N(c5ccc(-c6ccc7ccccc7c6)cc5)c5cccc(-n6c7ccccc7c7ccccc76)c5)cc4)c32)cc1. The summed E-state index contributed by atoms with van der Waals surface area (Å²) in [6.45, 7) is 0. The molecule has 2 aromatic heterocycles. The summed E-state index contributed by atoms with van der Waals surface area (Å²) in [6, 6.07) is 85.9. The van der Waals surface area contributed by atoms with Crippen LogP contribution >= 0.6 is 0 Å². The molecule has 10 aromatic carbocycles. The topological polar surface area (TPSA) is 13.1 Å². The third-order valence-electron chi connectivity index (χ3n) is 12.3. The van der Waals surface area contributed by atoms with E-state index in [4.69, 9.17) is 0 Å². The van der Waals surface area contributed by atoms with Crippen molar-refractivity contribution in [3.63, 3.8) is 0 Å². The summed E-state index contributed by atoms with van der Waals surface area (Å²) >= 11 is 0. The second kappa shape index (κ2) is 14.3. The Balaban J connectivity index is 1.01. The van der Waals surface area contributed by atoms with Crippen LogP contribution in [0.1, 0.15) is 0 Å². The molecule has 0 amide bonds. The van der Waals surface area contributed by atoms with Gasteiger partial charge in [0.2, 0.25) is 0 Å². The second-order valence-corrected chi connectivity index (χ2v) is 15.8. The first kappa shape index (κ1) is 34.9. The Hall–Kier alpha value is -8.14. The van der Waals surface area contributed by atoms with Crippen LogP contribution in [0.4, 0.5) is 17.1 Å². The lowest BCUT2D eigenvalue weighted by Crippen LogP contribution is -2.10. The van der Waals surface area contributed by atoms with Crippen LogP contribution < -0.4 is 4.90 Å². The average molecular weight is 778 g/mol. The smallest absolute Gasteiger partial charge is 0.0619 e. The maximum Gasteiger partial charge on any atom is 0.0619 e. The van der Waals surface area contributed by atoms with E-state index in [1.807, 2.05) is 0 Å². The van der Waals surface area contributed by atoms with Crippen molar-refractivity contribution < 1.29 is 0 Å². The van der Waals surface area contributed by atoms with Gasteiger partial charge in [0.15, 0.2) is 0 Å². The standard InChI is InChI=1S/C58H39N3/c1-2-16-45(17-3-1)61-57-27-11-8-22-53(57)54-24-13-23-50(58(54)61)42-32-36-47(37-33-42)59(46-34-30-41(31-35-46)44-29-28-40-14-4-5-15-43(40)38-44)48-18-12-19-49(39-48)60-55-25-9-6-20-51(55)52-21-7-10-26-56(52)60/h1-39H. The molecule has 61 heavy (non-hydrogen) atoms. The van der Waals surface area contributed by atoms with E-state index in [1.54, 1.807) is 0 Å². The third-order valence-corrected chi connectivity index (χ3v) is 12.3. The molecule has 0 unspecified atom stereocenters. The van der Waals surface area contributed by atoms with E-state index in [1.165, 1.54) is 76.6 Å². The second-order valence-electron chi connectivity index (χ2n) is 15.8. The normalized spacial score (nSPS) is 11.6. The minimum Gasteiger partial charge on any atom is -0.310 e. The molecule has 0 aliphatic carbocycles. The van der Waals surface area contributed by atoms with Crippen LogP contribution in [0.25, 0.3) is 88.0 Å². The summed E-state index contributed by atoms with van der Waals surface area (Å²) in [5, 5.41) is 7.49. The van der Waals surface area contributed by atoms with Crippen LogP contribution in [0.2, 0.25) is 0 Å². The van der Waals surface area contributed by atoms with Gasteiger partial charge < -0.3 is 14.0 Å². The quantitative estimate of drug-likeness (QED) is 0.157. The van der Waals surface area contributed by atoms with Crippen molar-refractivity contribution in [1.82, 2.24) is 9.13 Å². The molecule has 0 bridgehead atoms. The van der Waals surface area contributed by atoms with E-state index < -0.39 is 0 Å². The van der Waals surface area contributed by atoms with E-state index in [2.05, 4.69) is 251 Å². The zero-order valence-electron chi connectivity index (χ0n) is 33.4. The van der Waals surface area contributed by atoms with E-state index in [9.17, 15) is 0 Å². The van der Waals surface area contributed by atoms with E-state index in [0.717, 1.165) is 28.4 Å². The van der Waals surface area contributed by atoms with Crippen molar-refractivity contribution >= 4 is 71.4 Å². The fourth-order valence-electron chi connectivity index (χ4n) is 9.48. The minimum atomic E-state index is 1.08. The van der Waals surface area contributed by atoms with E-state index in [0.29, 0.717) is 0 Å². The summed E-state index contributed by atoms with van der Waals surface area (Å²) in [4.78, 5) is 2.38. The van der Waals surface area contributed by atoms with Gasteiger partial charge in [-0.2, -0.15) is 0 Å². The minimum absolute atomic E-state index is 1.08. The Labute approximate surface area is 354 Å². The predicted octanol–water partition coefficient (Wildman–Crippen LogP) is 15.8. The summed E-state index contributed by atoms with van der Waals surface area (Å²) in [6.07, 6.45) is 0. The third kappa shape index (κ3) is 5.82. The average Bonchev–Trinajstić information content (AvgIpc) is 3.86. The highest BCUT2D eigenvalue weighted by atomic mass is 15.1. The zero-order chi connectivity index (χ0) is 40.3. The fraction of sp³-hybridized carbons (Fsp3) is 0. The lowest BCUT2D eigenvalue weighted by atomic mass is 10.00. The number of benzene rings is 10. The Bertz CT molecular complexity index is 3520. The van der Waals surface area contributed by atoms with Crippen LogP contribution in [-0.4, -0.2) is 9.13 Å². The highest BCUT2D eigenvalue weighted by Gasteiger charge is 2.19. The molecule has 0 saturated heterocycles. The van der Waals surface area contributed by atoms with Gasteiger partial charge in [-0.3, -0.25) is 0 Å². The molecule has 12 rings (SSSR count). The maximum absolute atomic E-state index is 2.41. The lowest BCUT2D eigenvalue weighted by Gasteiger charge is -2.27. The molecule has 3 heteroatoms. The Morgan fingerprint density at radius 2 is 0.787 bits per heavy atom. The van der Waals surface area contributed by atoms with Gasteiger partial charge in [-0.1, -0.05) is 158 Å². The van der Waals surface area contributed by atoms with Crippen LogP contribution in [0.3, 0.4) is 0 Å². The molecule has 0 radical (unpaired) electrons. The highest BCUT2D eigenvalue weighted by molar-refractivity contribution is 6.14. The molecule has 0 aliphatic rings. The van der Waals surface area contributed by atoms with Gasteiger partial charge in [-0.05, 0) is 106 Å². The number of para-hydroxylation sites is 5. The molecule has 0 saturated carbocycles. The van der Waals surface area contributed by atoms with Crippen molar-refractivity contribution in [3.8, 4) is 33.6 Å². The summed E-state index contributed by atoms with van der Waals surface area (Å²) in [5.41, 5.74) is 15.1. The number of anilines is 3. The number of nitrogens with zero attached hydrogens (tertiary/aromatic N) is 3. The van der Waals surface area contributed by atoms with Crippen molar-refractivity contribution in [2.45, 2.75) is 0 Å². The number of aromatic nitrogens is 2. The molecule has 0 fully saturated rings. The number of fused-ring (bicyclic) bond motifs is 7. The molecule has 3 nitrogen and oxygen atoms in total. The number of hydrogen-bond donors (Lipinski definition) is 0. The fourth-order valence-corrected chi connectivity index (χ4v) is 9.48. The van der Waals surface area contributed by atoms with Crippen LogP contribution in [0.15, 0.2) is 237 Å². The molecular weight excluding hydrogens is 739 g/mol. The lowest BCUT2D eigenvalue weighted by molar-refractivity contribution is 1.17. The molecule has 0 N–H and O–H groups in total. The summed E-state index contributed by atoms with van der Waals surface area (Å²) in [5.74, 6) is 0. The summed E-state index contributed by atoms with van der Waals surface area (Å²) < 4.78 is 4.81. The Morgan fingerprint density at radius 1 is 0.279 bits per heavy atom. The monoisotopic (exact) mass is 777 g/mol. The predicted molar refractivity (Wildman–Crippen MR) is 258 cm³/mol. The van der Waals surface area contributed by atoms with E-state index >= 15 is 0 Å². The zero-order valence-corrected chi connectivity index (χ0v) is 33.4. The van der Waals surface area contributed by atoms with Crippen LogP contribution in [0, 0.1) is 0 Å². The van der Waals surface area contributed by atoms with Crippen molar-refractivity contribution in [3.05, 3.63) is 237 Å². The van der Waals surface area contributed by atoms with Crippen LogP contribution in [-0.2, 0) is 0 Å². The molecular formula is C58H39N3. The van der Waals surface area contributed by atoms with Gasteiger partial charge >= 0.3 is 0 Å². The number of hydrogen-bond acceptors (Lipinski definition) is 1. The Morgan fingerprint density at radius 3 is 1.48 bits per heavy atom. The van der Waals surface area contributed by atoms with Gasteiger partial charge in [-0.15, -0.1) is 0 Å². The first-order valence-electron chi connectivity index (χ1n) is 20.9. The van der Waals surface area contributed by atoms with Crippen LogP contribution in [0.5, 0.6) is 0 Å². The first-order valence-corrected chi connectivity index (χ1v) is 20.9. The van der Waals surface area contributed by atoms with Gasteiger partial charge in [0.1, 0.15) is 0 Å². The molecule has 12 aromatic rings. The van der Waals surface area contributed by atoms with Gasteiger partial charge in [0.05, 0.1) is 22.1 Å². The highest BCUT2D eigenvalue weighted by Crippen LogP contribution is 2.42. The first-order chi connectivity index (χ1) is 30.3. The molecule has 0 spiro atoms. The van der Waals surface area contributed by atoms with Crippen molar-refractivity contribution in [1.29, 1.82) is 0 Å². The van der Waals surface area contributed by atoms with Gasteiger partial charge in [0, 0.05) is 55.5 Å². The molecule has 2 heterocycles. The maximum atomic E-state index is 2.41. The molecule has 0 aliphatic heterocycles. The van der Waals surface area contributed by atoms with Gasteiger partial charge in [0.25, 0.3) is 0 Å². The number of rotatable bonds is 7. The van der Waals surface area contributed by atoms with Gasteiger partial charge in [-0.25, -0.2) is 0 Å². The molecule has 0 atom stereocenters. The molecule has 286 valence electrons.